The minimum absolute atomic E-state index is 0.154. The molecule has 5 N–H and O–H groups in total. The Balaban J connectivity index is 0.000000376. The number of nitrogens with one attached hydrogen (secondary N) is 1. The van der Waals surface area contributed by atoms with Gasteiger partial charge in [-0.3, -0.25) is 24.0 Å². The Morgan fingerprint density at radius 1 is 1.00 bits per heavy atom. The fourth-order valence-corrected chi connectivity index (χ4v) is 6.21. The number of H-pyrrole nitrogens is 1. The van der Waals surface area contributed by atoms with Crippen molar-refractivity contribution in [2.45, 2.75) is 50.0 Å². The number of aliphatic carboxylic acids is 3. The molecule has 18 heteroatoms. The number of fused-ring (bicyclic) bond motifs is 1. The van der Waals surface area contributed by atoms with Gasteiger partial charge in [0.1, 0.15) is 17.1 Å². The first kappa shape index (κ1) is 36.1. The van der Waals surface area contributed by atoms with Crippen molar-refractivity contribution in [1.29, 1.82) is 0 Å². The Labute approximate surface area is 264 Å². The summed E-state index contributed by atoms with van der Waals surface area (Å²) < 4.78 is 35.4. The van der Waals surface area contributed by atoms with E-state index in [1.165, 1.54) is 8.87 Å². The van der Waals surface area contributed by atoms with E-state index in [1.807, 2.05) is 20.9 Å². The van der Waals surface area contributed by atoms with Gasteiger partial charge in [0.05, 0.1) is 35.6 Å². The quantitative estimate of drug-likeness (QED) is 0.175. The van der Waals surface area contributed by atoms with Crippen LogP contribution in [-0.4, -0.2) is 121 Å². The van der Waals surface area contributed by atoms with Gasteiger partial charge in [0.2, 0.25) is 10.0 Å². The first-order valence-electron chi connectivity index (χ1n) is 14.3. The third kappa shape index (κ3) is 8.06. The van der Waals surface area contributed by atoms with Crippen LogP contribution in [0.2, 0.25) is 0 Å². The summed E-state index contributed by atoms with van der Waals surface area (Å²) in [6.45, 7) is 6.49. The number of aliphatic hydroxyl groups is 1. The summed E-state index contributed by atoms with van der Waals surface area (Å²) in [6, 6.07) is 4.76. The molecule has 0 spiro atoms. The predicted octanol–water partition coefficient (Wildman–Crippen LogP) is 0.362. The average molecular weight is 667 g/mol. The van der Waals surface area contributed by atoms with Gasteiger partial charge in [-0.2, -0.15) is 9.40 Å². The van der Waals surface area contributed by atoms with Crippen LogP contribution in [-0.2, 0) is 37.9 Å². The molecule has 1 aliphatic rings. The number of hydrogen-bond acceptors (Lipinski definition) is 11. The van der Waals surface area contributed by atoms with Crippen LogP contribution in [0, 0.1) is 0 Å². The monoisotopic (exact) mass is 666 g/mol. The summed E-state index contributed by atoms with van der Waals surface area (Å²) in [6.07, 6.45) is -0.720. The van der Waals surface area contributed by atoms with E-state index in [0.717, 1.165) is 12.1 Å². The van der Waals surface area contributed by atoms with E-state index in [4.69, 9.17) is 30.1 Å². The van der Waals surface area contributed by atoms with E-state index in [9.17, 15) is 27.6 Å². The van der Waals surface area contributed by atoms with E-state index in [2.05, 4.69) is 15.1 Å². The maximum Gasteiger partial charge on any atom is 0.336 e. The van der Waals surface area contributed by atoms with Crippen molar-refractivity contribution < 1.29 is 48.0 Å². The van der Waals surface area contributed by atoms with Gasteiger partial charge in [-0.05, 0) is 38.6 Å². The summed E-state index contributed by atoms with van der Waals surface area (Å²) in [5.74, 6) is -4.21. The Hall–Kier alpha value is -4.39. The van der Waals surface area contributed by atoms with Gasteiger partial charge >= 0.3 is 17.9 Å². The molecule has 0 atom stereocenters. The molecular weight excluding hydrogens is 628 g/mol. The highest BCUT2D eigenvalue weighted by atomic mass is 32.2. The van der Waals surface area contributed by atoms with Crippen LogP contribution in [0.1, 0.15) is 38.8 Å². The lowest BCUT2D eigenvalue weighted by Gasteiger charge is -2.31. The maximum atomic E-state index is 13.4. The minimum atomic E-state index is -3.70. The van der Waals surface area contributed by atoms with Crippen LogP contribution in [0.4, 0.5) is 0 Å². The van der Waals surface area contributed by atoms with Crippen molar-refractivity contribution in [2.24, 2.45) is 7.05 Å². The molecule has 0 amide bonds. The van der Waals surface area contributed by atoms with Crippen molar-refractivity contribution in [3.05, 3.63) is 34.2 Å². The number of hydrogen-bond donors (Lipinski definition) is 5. The van der Waals surface area contributed by atoms with Crippen LogP contribution < -0.4 is 10.3 Å². The van der Waals surface area contributed by atoms with E-state index in [-0.39, 0.29) is 16.0 Å². The number of nitrogens with zero attached hydrogens (tertiary/aromatic N) is 5. The minimum Gasteiger partial charge on any atom is -0.493 e. The topological polar surface area (TPSA) is 246 Å². The van der Waals surface area contributed by atoms with Crippen molar-refractivity contribution in [2.75, 3.05) is 39.8 Å². The Kier molecular flexibility index (Phi) is 11.6. The normalized spacial score (nSPS) is 14.5. The van der Waals surface area contributed by atoms with Crippen molar-refractivity contribution in [1.82, 2.24) is 29.0 Å². The van der Waals surface area contributed by atoms with E-state index in [0.29, 0.717) is 61.9 Å². The molecule has 0 bridgehead atoms. The molecule has 0 unspecified atom stereocenters. The van der Waals surface area contributed by atoms with E-state index >= 15 is 0 Å². The van der Waals surface area contributed by atoms with Crippen molar-refractivity contribution in [3.8, 4) is 17.1 Å². The predicted molar refractivity (Wildman–Crippen MR) is 163 cm³/mol. The zero-order chi connectivity index (χ0) is 34.4. The van der Waals surface area contributed by atoms with Gasteiger partial charge in [-0.1, -0.05) is 13.3 Å². The number of carbonyl (C=O) groups is 3. The zero-order valence-electron chi connectivity index (χ0n) is 25.9. The van der Waals surface area contributed by atoms with Gasteiger partial charge in [0.15, 0.2) is 11.1 Å². The number of benzene rings is 1. The Bertz CT molecular complexity index is 1750. The van der Waals surface area contributed by atoms with Gasteiger partial charge < -0.3 is 30.1 Å². The molecule has 1 aliphatic heterocycles. The molecular formula is C28H38N6O11S. The summed E-state index contributed by atoms with van der Waals surface area (Å²) in [4.78, 5) is 50.5. The summed E-state index contributed by atoms with van der Waals surface area (Å²) in [7, 11) is -0.119. The molecule has 4 rings (SSSR count). The van der Waals surface area contributed by atoms with Crippen molar-refractivity contribution >= 4 is 39.0 Å². The van der Waals surface area contributed by atoms with E-state index in [1.54, 1.807) is 25.2 Å². The second kappa shape index (κ2) is 14.8. The molecule has 17 nitrogen and oxygen atoms in total. The Morgan fingerprint density at radius 2 is 1.61 bits per heavy atom. The summed E-state index contributed by atoms with van der Waals surface area (Å²) in [5, 5.41) is 40.9. The highest BCUT2D eigenvalue weighted by Crippen LogP contribution is 2.33. The van der Waals surface area contributed by atoms with E-state index < -0.39 is 46.4 Å². The summed E-state index contributed by atoms with van der Waals surface area (Å²) >= 11 is 0. The van der Waals surface area contributed by atoms with Crippen molar-refractivity contribution in [3.63, 3.8) is 0 Å². The molecule has 0 saturated carbocycles. The smallest absolute Gasteiger partial charge is 0.336 e. The second-order valence-corrected chi connectivity index (χ2v) is 12.7. The highest BCUT2D eigenvalue weighted by molar-refractivity contribution is 7.89. The number of aromatic amines is 1. The maximum absolute atomic E-state index is 13.4. The van der Waals surface area contributed by atoms with Gasteiger partial charge in [-0.25, -0.2) is 18.2 Å². The van der Waals surface area contributed by atoms with Crippen LogP contribution >= 0.6 is 0 Å². The molecule has 1 aromatic carbocycles. The number of carboxylic acids is 3. The van der Waals surface area contributed by atoms with Crippen LogP contribution in [0.15, 0.2) is 27.9 Å². The molecule has 46 heavy (non-hydrogen) atoms. The lowest BCUT2D eigenvalue weighted by molar-refractivity contribution is -0.170. The Morgan fingerprint density at radius 3 is 2.13 bits per heavy atom. The number of aryl methyl sites for hydroxylation is 1. The third-order valence-corrected chi connectivity index (χ3v) is 9.13. The number of piperazine rings is 1. The molecule has 0 radical (unpaired) electrons. The first-order valence-corrected chi connectivity index (χ1v) is 15.8. The lowest BCUT2D eigenvalue weighted by Crippen LogP contribution is -2.47. The van der Waals surface area contributed by atoms with Crippen LogP contribution in [0.25, 0.3) is 22.4 Å². The summed E-state index contributed by atoms with van der Waals surface area (Å²) in [5.41, 5.74) is -1.03. The molecule has 0 aliphatic carbocycles. The number of likely N-dealkylation sites (N-methyl/N-ethyl adjacent to an activating group) is 1. The first-order chi connectivity index (χ1) is 21.5. The number of rotatable bonds is 12. The molecule has 1 saturated heterocycles. The highest BCUT2D eigenvalue weighted by Gasteiger charge is 2.40. The SMILES string of the molecule is CCCc1[nH]nc2c(=O)n(C)c(-c3cc(S(=O)(=O)N4CCN(C)CC4)ccc3OCC)nc12.O=C(O)CC(O)(CC(=O)O)C(=O)O. The van der Waals surface area contributed by atoms with Gasteiger partial charge in [0, 0.05) is 33.2 Å². The molecule has 252 valence electrons. The number of sulfonamides is 1. The fraction of sp³-hybridized carbons (Fsp3) is 0.500. The molecule has 2 aromatic heterocycles. The molecule has 1 fully saturated rings. The number of ether oxygens (including phenoxy) is 1. The zero-order valence-corrected chi connectivity index (χ0v) is 26.7. The fourth-order valence-electron chi connectivity index (χ4n) is 4.76. The largest absolute Gasteiger partial charge is 0.493 e. The second-order valence-electron chi connectivity index (χ2n) is 10.7. The average Bonchev–Trinajstić information content (AvgIpc) is 3.38. The molecule has 3 heterocycles. The third-order valence-electron chi connectivity index (χ3n) is 7.23. The molecule has 3 aromatic rings. The van der Waals surface area contributed by atoms with Crippen LogP contribution in [0.3, 0.4) is 0 Å². The number of carboxylic acid groups (broad SMARTS) is 3. The standard InChI is InChI=1S/C22H30N6O4S.C6H8O7/c1-5-7-17-19-20(25-24-17)22(29)27(4)21(23-19)16-14-15(8-9-18(16)32-6-2)33(30,31)28-12-10-26(3)11-13-28;7-3(8)1-6(13,5(11)12)2-4(9)10/h8-9,14H,5-7,10-13H2,1-4H3,(H,24,25);13H,1-2H2,(H,7,8)(H,9,10)(H,11,12). The van der Waals surface area contributed by atoms with Gasteiger partial charge in [0.25, 0.3) is 5.56 Å². The number of aromatic nitrogens is 4. The van der Waals surface area contributed by atoms with Gasteiger partial charge in [-0.15, -0.1) is 0 Å². The lowest BCUT2D eigenvalue weighted by atomic mass is 9.96. The van der Waals surface area contributed by atoms with Crippen LogP contribution in [0.5, 0.6) is 5.75 Å².